The zero-order valence-electron chi connectivity index (χ0n) is 16.9. The molecule has 0 fully saturated rings. The van der Waals surface area contributed by atoms with E-state index in [1.807, 2.05) is 0 Å². The maximum absolute atomic E-state index is 12.2. The second-order valence-corrected chi connectivity index (χ2v) is 7.27. The molecule has 7 nitrogen and oxygen atoms in total. The second-order valence-electron chi connectivity index (χ2n) is 7.27. The molecule has 4 rings (SSSR count). The molecule has 7 heteroatoms. The van der Waals surface area contributed by atoms with E-state index < -0.39 is 0 Å². The van der Waals surface area contributed by atoms with Gasteiger partial charge >= 0.3 is 0 Å². The van der Waals surface area contributed by atoms with E-state index in [9.17, 15) is 25.2 Å². The van der Waals surface area contributed by atoms with Gasteiger partial charge in [-0.05, 0) is 66.1 Å². The number of phenols is 4. The van der Waals surface area contributed by atoms with Crippen molar-refractivity contribution in [2.24, 2.45) is 0 Å². The molecule has 1 heterocycles. The Kier molecular flexibility index (Phi) is 5.72. The number of carbonyl (C=O) groups excluding carboxylic acids is 1. The fourth-order valence-corrected chi connectivity index (χ4v) is 3.31. The lowest BCUT2D eigenvalue weighted by molar-refractivity contribution is -0.116. The molecule has 162 valence electrons. The van der Waals surface area contributed by atoms with Crippen LogP contribution in [0.3, 0.4) is 0 Å². The Morgan fingerprint density at radius 2 is 1.62 bits per heavy atom. The number of aromatic hydroxyl groups is 4. The summed E-state index contributed by atoms with van der Waals surface area (Å²) in [4.78, 5) is 12.2. The fourth-order valence-electron chi connectivity index (χ4n) is 3.31. The van der Waals surface area contributed by atoms with Gasteiger partial charge in [0, 0.05) is 23.6 Å². The maximum Gasteiger partial charge on any atom is 0.244 e. The number of benzene rings is 3. The van der Waals surface area contributed by atoms with E-state index in [0.29, 0.717) is 35.2 Å². The van der Waals surface area contributed by atoms with Gasteiger partial charge in [-0.3, -0.25) is 4.79 Å². The number of hydrogen-bond acceptors (Lipinski definition) is 6. The first kappa shape index (κ1) is 20.9. The lowest BCUT2D eigenvalue weighted by atomic mass is 10.1. The Morgan fingerprint density at radius 1 is 0.875 bits per heavy atom. The molecule has 0 spiro atoms. The lowest BCUT2D eigenvalue weighted by Crippen LogP contribution is -2.23. The normalized spacial score (nSPS) is 11.2. The smallest absolute Gasteiger partial charge is 0.244 e. The molecule has 4 aromatic rings. The van der Waals surface area contributed by atoms with Crippen LogP contribution in [0.5, 0.6) is 23.0 Å². The van der Waals surface area contributed by atoms with Crippen molar-refractivity contribution in [3.05, 3.63) is 77.9 Å². The van der Waals surface area contributed by atoms with Gasteiger partial charge in [0.25, 0.3) is 0 Å². The highest BCUT2D eigenvalue weighted by molar-refractivity contribution is 5.98. The highest BCUT2D eigenvalue weighted by Crippen LogP contribution is 2.37. The molecule has 0 aliphatic rings. The standard InChI is InChI=1S/C25H21NO6/c27-18-6-1-15(2-7-18)11-12-26-24(31)10-5-16-3-9-21(29)25-19(16)14-23(32-25)17-4-8-20(28)22(30)13-17/h1-10,13-14,27-30H,11-12H2,(H,26,31)/b10-5+. The van der Waals surface area contributed by atoms with Gasteiger partial charge in [0.1, 0.15) is 11.5 Å². The summed E-state index contributed by atoms with van der Waals surface area (Å²) in [5.74, 6) is -0.249. The van der Waals surface area contributed by atoms with E-state index in [0.717, 1.165) is 5.56 Å². The summed E-state index contributed by atoms with van der Waals surface area (Å²) in [7, 11) is 0. The molecule has 3 aromatic carbocycles. The quantitative estimate of drug-likeness (QED) is 0.229. The zero-order chi connectivity index (χ0) is 22.7. The molecule has 0 radical (unpaired) electrons. The number of rotatable bonds is 6. The van der Waals surface area contributed by atoms with E-state index >= 15 is 0 Å². The predicted octanol–water partition coefficient (Wildman–Crippen LogP) is 4.29. The maximum atomic E-state index is 12.2. The first-order valence-corrected chi connectivity index (χ1v) is 9.92. The second kappa shape index (κ2) is 8.77. The average molecular weight is 431 g/mol. The molecular weight excluding hydrogens is 410 g/mol. The molecule has 32 heavy (non-hydrogen) atoms. The Labute approximate surface area is 183 Å². The molecular formula is C25H21NO6. The summed E-state index contributed by atoms with van der Waals surface area (Å²) in [6.45, 7) is 0.444. The average Bonchev–Trinajstić information content (AvgIpc) is 3.23. The predicted molar refractivity (Wildman–Crippen MR) is 120 cm³/mol. The van der Waals surface area contributed by atoms with Crippen molar-refractivity contribution >= 4 is 23.0 Å². The van der Waals surface area contributed by atoms with Crippen molar-refractivity contribution in [1.29, 1.82) is 0 Å². The Morgan fingerprint density at radius 3 is 2.38 bits per heavy atom. The molecule has 5 N–H and O–H groups in total. The molecule has 0 aliphatic heterocycles. The SMILES string of the molecule is O=C(/C=C/c1ccc(O)c2oc(-c3ccc(O)c(O)c3)cc12)NCCc1ccc(O)cc1. The molecule has 1 amide bonds. The van der Waals surface area contributed by atoms with Crippen LogP contribution in [-0.2, 0) is 11.2 Å². The Bertz CT molecular complexity index is 1300. The number of nitrogens with one attached hydrogen (secondary N) is 1. The summed E-state index contributed by atoms with van der Waals surface area (Å²) in [5, 5.41) is 42.1. The van der Waals surface area contributed by atoms with Gasteiger partial charge in [0.2, 0.25) is 5.91 Å². The summed E-state index contributed by atoms with van der Waals surface area (Å²) in [5.41, 5.74) is 2.45. The highest BCUT2D eigenvalue weighted by atomic mass is 16.4. The molecule has 0 unspecified atom stereocenters. The minimum atomic E-state index is -0.281. The molecule has 0 atom stereocenters. The largest absolute Gasteiger partial charge is 0.508 e. The Hall–Kier alpha value is -4.39. The Balaban J connectivity index is 1.49. The number of phenolic OH excluding ortho intramolecular Hbond substituents is 4. The van der Waals surface area contributed by atoms with Gasteiger partial charge in [-0.2, -0.15) is 0 Å². The van der Waals surface area contributed by atoms with Gasteiger partial charge in [0.15, 0.2) is 22.8 Å². The number of fused-ring (bicyclic) bond motifs is 1. The number of carbonyl (C=O) groups is 1. The fraction of sp³-hybridized carbons (Fsp3) is 0.0800. The third-order valence-electron chi connectivity index (χ3n) is 5.02. The van der Waals surface area contributed by atoms with Gasteiger partial charge in [-0.1, -0.05) is 18.2 Å². The van der Waals surface area contributed by atoms with E-state index in [-0.39, 0.29) is 34.5 Å². The zero-order valence-corrected chi connectivity index (χ0v) is 16.9. The highest BCUT2D eigenvalue weighted by Gasteiger charge is 2.14. The third kappa shape index (κ3) is 4.52. The van der Waals surface area contributed by atoms with Crippen molar-refractivity contribution in [2.75, 3.05) is 6.54 Å². The third-order valence-corrected chi connectivity index (χ3v) is 5.02. The van der Waals surface area contributed by atoms with Crippen LogP contribution in [0.2, 0.25) is 0 Å². The van der Waals surface area contributed by atoms with Crippen LogP contribution in [0.15, 0.2) is 71.2 Å². The summed E-state index contributed by atoms with van der Waals surface area (Å²) >= 11 is 0. The van der Waals surface area contributed by atoms with E-state index in [1.54, 1.807) is 48.5 Å². The van der Waals surface area contributed by atoms with Crippen LogP contribution in [0.25, 0.3) is 28.4 Å². The van der Waals surface area contributed by atoms with Crippen LogP contribution >= 0.6 is 0 Å². The van der Waals surface area contributed by atoms with Gasteiger partial charge in [-0.15, -0.1) is 0 Å². The van der Waals surface area contributed by atoms with Crippen molar-refractivity contribution in [1.82, 2.24) is 5.32 Å². The van der Waals surface area contributed by atoms with E-state index in [4.69, 9.17) is 4.42 Å². The van der Waals surface area contributed by atoms with Crippen LogP contribution in [0.4, 0.5) is 0 Å². The van der Waals surface area contributed by atoms with Gasteiger partial charge in [-0.25, -0.2) is 0 Å². The number of hydrogen-bond donors (Lipinski definition) is 5. The molecule has 0 saturated heterocycles. The summed E-state index contributed by atoms with van der Waals surface area (Å²) < 4.78 is 5.75. The molecule has 0 aliphatic carbocycles. The summed E-state index contributed by atoms with van der Waals surface area (Å²) in [6, 6.07) is 15.9. The minimum Gasteiger partial charge on any atom is -0.508 e. The van der Waals surface area contributed by atoms with Crippen molar-refractivity contribution in [2.45, 2.75) is 6.42 Å². The first-order valence-electron chi connectivity index (χ1n) is 9.92. The van der Waals surface area contributed by atoms with Crippen molar-refractivity contribution in [3.63, 3.8) is 0 Å². The van der Waals surface area contributed by atoms with Crippen molar-refractivity contribution in [3.8, 4) is 34.3 Å². The minimum absolute atomic E-state index is 0.0512. The van der Waals surface area contributed by atoms with E-state index in [1.165, 1.54) is 24.3 Å². The topological polar surface area (TPSA) is 123 Å². The molecule has 1 aromatic heterocycles. The molecule has 0 bridgehead atoms. The van der Waals surface area contributed by atoms with Crippen LogP contribution in [0.1, 0.15) is 11.1 Å². The van der Waals surface area contributed by atoms with Crippen molar-refractivity contribution < 1.29 is 29.6 Å². The van der Waals surface area contributed by atoms with Crippen LogP contribution in [0, 0.1) is 0 Å². The van der Waals surface area contributed by atoms with Gasteiger partial charge in [0.05, 0.1) is 0 Å². The number of furan rings is 1. The van der Waals surface area contributed by atoms with Crippen LogP contribution < -0.4 is 5.32 Å². The monoisotopic (exact) mass is 431 g/mol. The number of amides is 1. The lowest BCUT2D eigenvalue weighted by Gasteiger charge is -2.03. The summed E-state index contributed by atoms with van der Waals surface area (Å²) in [6.07, 6.45) is 3.67. The molecule has 0 saturated carbocycles. The van der Waals surface area contributed by atoms with Crippen LogP contribution in [-0.4, -0.2) is 32.9 Å². The van der Waals surface area contributed by atoms with E-state index in [2.05, 4.69) is 5.32 Å². The van der Waals surface area contributed by atoms with Gasteiger partial charge < -0.3 is 30.2 Å². The first-order chi connectivity index (χ1) is 15.4.